The quantitative estimate of drug-likeness (QED) is 0.224. The Morgan fingerprint density at radius 3 is 2.26 bits per heavy atom. The predicted molar refractivity (Wildman–Crippen MR) is 103 cm³/mol. The van der Waals surface area contributed by atoms with Crippen LogP contribution in [0.5, 0.6) is 0 Å². The Balaban J connectivity index is 2.41. The molecule has 0 spiro atoms. The normalized spacial score (nSPS) is 13.8. The van der Waals surface area contributed by atoms with Crippen LogP contribution in [0, 0.1) is 3.57 Å². The molecule has 2 aromatic rings. The van der Waals surface area contributed by atoms with E-state index in [0.717, 1.165) is 0 Å². The zero-order valence-electron chi connectivity index (χ0n) is 14.0. The van der Waals surface area contributed by atoms with Gasteiger partial charge in [0.1, 0.15) is 0 Å². The molecular weight excluding hydrogens is 520 g/mol. The molecule has 0 saturated carbocycles. The number of carbonyl (C=O) groups excluding carboxylic acids is 1. The number of esters is 1. The summed E-state index contributed by atoms with van der Waals surface area (Å²) >= 11 is -6.72. The van der Waals surface area contributed by atoms with Gasteiger partial charge >= 0.3 is 168 Å². The topological polar surface area (TPSA) is 66.4 Å². The molecule has 2 aromatic carbocycles. The molecule has 1 unspecified atom stereocenters. The third kappa shape index (κ3) is 5.21. The molecule has 10 heteroatoms. The van der Waals surface area contributed by atoms with Crippen molar-refractivity contribution in [2.45, 2.75) is 28.5 Å². The fourth-order valence-corrected chi connectivity index (χ4v) is 6.21. The van der Waals surface area contributed by atoms with Crippen molar-refractivity contribution in [3.8, 4) is 0 Å². The Morgan fingerprint density at radius 2 is 1.67 bits per heavy atom. The van der Waals surface area contributed by atoms with E-state index in [1.165, 1.54) is 62.4 Å². The van der Waals surface area contributed by atoms with Crippen LogP contribution in [0.3, 0.4) is 0 Å². The number of halogens is 5. The minimum atomic E-state index is -4.53. The molecule has 0 heterocycles. The average Bonchev–Trinajstić information content (AvgIpc) is 2.59. The van der Waals surface area contributed by atoms with Crippen molar-refractivity contribution in [1.29, 1.82) is 0 Å². The van der Waals surface area contributed by atoms with Gasteiger partial charge in [-0.3, -0.25) is 0 Å². The van der Waals surface area contributed by atoms with E-state index in [1.807, 2.05) is 0 Å². The summed E-state index contributed by atoms with van der Waals surface area (Å²) in [7, 11) is 5.72. The first-order chi connectivity index (χ1) is 12.4. The van der Waals surface area contributed by atoms with E-state index in [0.29, 0.717) is 0 Å². The summed E-state index contributed by atoms with van der Waals surface area (Å²) in [5.74, 6) is -0.962. The Bertz CT molecular complexity index is 873. The van der Waals surface area contributed by atoms with Crippen molar-refractivity contribution in [2.24, 2.45) is 0 Å². The number of carbonyl (C=O) groups is 1. The van der Waals surface area contributed by atoms with Crippen LogP contribution >= 0.6 is 27.6 Å². The second-order valence-electron chi connectivity index (χ2n) is 5.78. The van der Waals surface area contributed by atoms with Crippen molar-refractivity contribution in [3.63, 3.8) is 0 Å². The summed E-state index contributed by atoms with van der Waals surface area (Å²) in [6.07, 6.45) is 0. The van der Waals surface area contributed by atoms with E-state index in [9.17, 15) is 26.7 Å². The molecule has 0 amide bonds. The molecule has 0 fully saturated rings. The van der Waals surface area contributed by atoms with Crippen LogP contribution in [0.2, 0.25) is 0 Å². The zero-order valence-corrected chi connectivity index (χ0v) is 17.8. The summed E-state index contributed by atoms with van der Waals surface area (Å²) in [5.41, 5.74) is -1.52. The van der Waals surface area contributed by atoms with Gasteiger partial charge in [-0.25, -0.2) is 0 Å². The first-order valence-corrected chi connectivity index (χ1v) is 13.4. The number of benzene rings is 2. The number of hydrogen-bond acceptors (Lipinski definition) is 4. The predicted octanol–water partition coefficient (Wildman–Crippen LogP) is 5.37. The third-order valence-electron chi connectivity index (χ3n) is 3.52. The number of alkyl halides is 4. The zero-order chi connectivity index (χ0) is 20.4. The first kappa shape index (κ1) is 22.1. The average molecular weight is 534 g/mol. The van der Waals surface area contributed by atoms with Gasteiger partial charge in [0.05, 0.1) is 0 Å². The van der Waals surface area contributed by atoms with Crippen LogP contribution in [0.15, 0.2) is 53.4 Å². The van der Waals surface area contributed by atoms with E-state index in [4.69, 9.17) is 13.6 Å². The SMILES string of the molecule is CC(C)(OC(=O)c1ccccc1S(=O)[O-])c1ccccc1I(Cl)C(F)(F)F. The van der Waals surface area contributed by atoms with Crippen LogP contribution in [0.25, 0.3) is 0 Å². The van der Waals surface area contributed by atoms with Gasteiger partial charge < -0.3 is 0 Å². The van der Waals surface area contributed by atoms with Crippen LogP contribution in [-0.2, 0) is 21.4 Å². The van der Waals surface area contributed by atoms with Gasteiger partial charge in [-0.15, -0.1) is 0 Å². The standard InChI is InChI=1S/C17H15ClF3IO4S/c1-16(2,12-8-4-5-9-13(12)22(18)17(19,20)21)26-15(23)11-7-3-6-10-14(11)27(24)25/h3-10H,1-2H3,(H,24,25)/p-1. The molecule has 0 aromatic heterocycles. The van der Waals surface area contributed by atoms with Gasteiger partial charge in [-0.05, 0) is 0 Å². The molecule has 0 saturated heterocycles. The maximum atomic E-state index is 13.1. The van der Waals surface area contributed by atoms with Crippen molar-refractivity contribution >= 4 is 44.6 Å². The van der Waals surface area contributed by atoms with Crippen LogP contribution in [0.4, 0.5) is 13.2 Å². The van der Waals surface area contributed by atoms with Crippen LogP contribution in [0.1, 0.15) is 29.8 Å². The summed E-state index contributed by atoms with van der Waals surface area (Å²) < 4.78 is 62.7. The van der Waals surface area contributed by atoms with Crippen molar-refractivity contribution in [1.82, 2.24) is 0 Å². The minimum absolute atomic E-state index is 0.0886. The molecule has 0 bridgehead atoms. The van der Waals surface area contributed by atoms with Crippen molar-refractivity contribution < 1.29 is 31.5 Å². The third-order valence-corrected chi connectivity index (χ3v) is 9.39. The summed E-state index contributed by atoms with van der Waals surface area (Å²) in [6.45, 7) is 2.86. The van der Waals surface area contributed by atoms with Gasteiger partial charge in [0.25, 0.3) is 0 Å². The van der Waals surface area contributed by atoms with Gasteiger partial charge in [-0.2, -0.15) is 0 Å². The first-order valence-electron chi connectivity index (χ1n) is 7.39. The van der Waals surface area contributed by atoms with E-state index >= 15 is 0 Å². The molecule has 27 heavy (non-hydrogen) atoms. The van der Waals surface area contributed by atoms with Crippen LogP contribution in [-0.4, -0.2) is 18.9 Å². The monoisotopic (exact) mass is 533 g/mol. The molecular formula is C17H14ClF3IO4S-. The Kier molecular flexibility index (Phi) is 6.93. The molecule has 0 aliphatic carbocycles. The summed E-state index contributed by atoms with van der Waals surface area (Å²) in [5, 5.41) is 0. The Hall–Kier alpha value is -1.17. The molecule has 148 valence electrons. The Labute approximate surface area is 167 Å². The summed E-state index contributed by atoms with van der Waals surface area (Å²) in [4.78, 5) is 12.2. The van der Waals surface area contributed by atoms with E-state index in [2.05, 4.69) is 0 Å². The van der Waals surface area contributed by atoms with Gasteiger partial charge in [0, 0.05) is 0 Å². The fraction of sp³-hybridized carbons (Fsp3) is 0.235. The van der Waals surface area contributed by atoms with E-state index in [1.54, 1.807) is 0 Å². The number of ether oxygens (including phenoxy) is 1. The van der Waals surface area contributed by atoms with Gasteiger partial charge in [0.2, 0.25) is 0 Å². The van der Waals surface area contributed by atoms with Crippen LogP contribution < -0.4 is 0 Å². The number of rotatable bonds is 5. The molecule has 0 aliphatic heterocycles. The molecule has 0 N–H and O–H groups in total. The molecule has 0 aliphatic rings. The second kappa shape index (κ2) is 8.46. The molecule has 2 rings (SSSR count). The van der Waals surface area contributed by atoms with E-state index < -0.39 is 45.5 Å². The van der Waals surface area contributed by atoms with E-state index in [-0.39, 0.29) is 19.6 Å². The van der Waals surface area contributed by atoms with Crippen molar-refractivity contribution in [3.05, 3.63) is 63.2 Å². The maximum absolute atomic E-state index is 13.1. The Morgan fingerprint density at radius 1 is 1.11 bits per heavy atom. The fourth-order valence-electron chi connectivity index (χ4n) is 2.33. The second-order valence-corrected chi connectivity index (χ2v) is 12.3. The molecule has 1 atom stereocenters. The number of hydrogen-bond donors (Lipinski definition) is 0. The summed E-state index contributed by atoms with van der Waals surface area (Å²) in [6, 6.07) is 11.0. The molecule has 4 nitrogen and oxygen atoms in total. The van der Waals surface area contributed by atoms with Gasteiger partial charge in [-0.1, -0.05) is 0 Å². The molecule has 0 radical (unpaired) electrons. The van der Waals surface area contributed by atoms with Crippen molar-refractivity contribution in [2.75, 3.05) is 0 Å². The van der Waals surface area contributed by atoms with Gasteiger partial charge in [0.15, 0.2) is 0 Å².